The predicted octanol–water partition coefficient (Wildman–Crippen LogP) is 0.215. The van der Waals surface area contributed by atoms with Gasteiger partial charge >= 0.3 is 0 Å². The first-order chi connectivity index (χ1) is 7.38. The lowest BCUT2D eigenvalue weighted by Crippen LogP contribution is -2.03. The van der Waals surface area contributed by atoms with Gasteiger partial charge in [0.2, 0.25) is 5.88 Å². The van der Waals surface area contributed by atoms with Gasteiger partial charge in [-0.2, -0.15) is 5.10 Å². The Kier molecular flexibility index (Phi) is 2.72. The highest BCUT2D eigenvalue weighted by Gasteiger charge is 1.99. The number of ether oxygens (including phenoxy) is 1. The highest BCUT2D eigenvalue weighted by atomic mass is 16.5. The summed E-state index contributed by atoms with van der Waals surface area (Å²) in [4.78, 5) is 11.9. The quantitative estimate of drug-likeness (QED) is 0.743. The molecule has 15 heavy (non-hydrogen) atoms. The van der Waals surface area contributed by atoms with Crippen molar-refractivity contribution in [1.82, 2.24) is 25.1 Å². The highest BCUT2D eigenvalue weighted by molar-refractivity contribution is 5.36. The standard InChI is InChI=1S/C8H10N6O/c1-15-8-2-6(10-4-12-8)9-3-7-11-5-13-14-7/h2,4-5H,3H2,1H3,(H,9,10,12)(H,11,13,14). The molecule has 7 heteroatoms. The molecule has 0 saturated carbocycles. The minimum Gasteiger partial charge on any atom is -0.481 e. The molecule has 2 heterocycles. The van der Waals surface area contributed by atoms with Crippen LogP contribution in [-0.2, 0) is 6.54 Å². The molecule has 2 N–H and O–H groups in total. The molecule has 0 atom stereocenters. The second kappa shape index (κ2) is 4.36. The van der Waals surface area contributed by atoms with E-state index >= 15 is 0 Å². The number of nitrogens with one attached hydrogen (secondary N) is 2. The van der Waals surface area contributed by atoms with E-state index in [1.54, 1.807) is 13.2 Å². The van der Waals surface area contributed by atoms with Crippen LogP contribution in [0.15, 0.2) is 18.7 Å². The SMILES string of the molecule is COc1cc(NCc2ncn[nH]2)ncn1. The van der Waals surface area contributed by atoms with E-state index in [4.69, 9.17) is 4.74 Å². The number of H-pyrrole nitrogens is 1. The highest BCUT2D eigenvalue weighted by Crippen LogP contribution is 2.10. The minimum absolute atomic E-state index is 0.519. The molecule has 0 amide bonds. The van der Waals surface area contributed by atoms with Gasteiger partial charge in [-0.25, -0.2) is 15.0 Å². The number of methoxy groups -OCH3 is 1. The maximum atomic E-state index is 4.96. The maximum Gasteiger partial charge on any atom is 0.218 e. The van der Waals surface area contributed by atoms with Gasteiger partial charge in [0.05, 0.1) is 13.7 Å². The largest absolute Gasteiger partial charge is 0.481 e. The van der Waals surface area contributed by atoms with Crippen LogP contribution in [0.1, 0.15) is 5.82 Å². The molecule has 0 radical (unpaired) electrons. The lowest BCUT2D eigenvalue weighted by molar-refractivity contribution is 0.397. The third kappa shape index (κ3) is 2.39. The Morgan fingerprint density at radius 1 is 1.33 bits per heavy atom. The van der Waals surface area contributed by atoms with Crippen molar-refractivity contribution in [2.45, 2.75) is 6.54 Å². The van der Waals surface area contributed by atoms with Crippen LogP contribution in [0.5, 0.6) is 5.88 Å². The smallest absolute Gasteiger partial charge is 0.218 e. The predicted molar refractivity (Wildman–Crippen MR) is 52.3 cm³/mol. The molecule has 0 unspecified atom stereocenters. The molecule has 0 aliphatic carbocycles. The van der Waals surface area contributed by atoms with Crippen LogP contribution in [0.25, 0.3) is 0 Å². The topological polar surface area (TPSA) is 88.6 Å². The molecule has 2 aromatic heterocycles. The number of rotatable bonds is 4. The fourth-order valence-corrected chi connectivity index (χ4v) is 1.04. The normalized spacial score (nSPS) is 9.93. The number of aromatic amines is 1. The second-order valence-electron chi connectivity index (χ2n) is 2.73. The van der Waals surface area contributed by atoms with Gasteiger partial charge in [0.25, 0.3) is 0 Å². The Morgan fingerprint density at radius 2 is 2.27 bits per heavy atom. The van der Waals surface area contributed by atoms with Crippen molar-refractivity contribution in [3.8, 4) is 5.88 Å². The lowest BCUT2D eigenvalue weighted by Gasteiger charge is -2.03. The fourth-order valence-electron chi connectivity index (χ4n) is 1.04. The van der Waals surface area contributed by atoms with Crippen molar-refractivity contribution in [3.63, 3.8) is 0 Å². The number of hydrogen-bond donors (Lipinski definition) is 2. The van der Waals surface area contributed by atoms with Crippen molar-refractivity contribution < 1.29 is 4.74 Å². The van der Waals surface area contributed by atoms with Crippen molar-refractivity contribution >= 4 is 5.82 Å². The van der Waals surface area contributed by atoms with Crippen molar-refractivity contribution in [3.05, 3.63) is 24.5 Å². The maximum absolute atomic E-state index is 4.96. The Balaban J connectivity index is 1.98. The molecule has 0 spiro atoms. The van der Waals surface area contributed by atoms with Gasteiger partial charge in [0, 0.05) is 6.07 Å². The Labute approximate surface area is 85.9 Å². The van der Waals surface area contributed by atoms with Crippen LogP contribution in [0, 0.1) is 0 Å². The van der Waals surface area contributed by atoms with Crippen LogP contribution in [0.2, 0.25) is 0 Å². The molecular formula is C8H10N6O. The molecule has 0 bridgehead atoms. The van der Waals surface area contributed by atoms with Gasteiger partial charge < -0.3 is 10.1 Å². The number of nitrogens with zero attached hydrogens (tertiary/aromatic N) is 4. The molecule has 0 fully saturated rings. The van der Waals surface area contributed by atoms with Gasteiger partial charge in [-0.3, -0.25) is 5.10 Å². The molecular weight excluding hydrogens is 196 g/mol. The zero-order valence-corrected chi connectivity index (χ0v) is 8.14. The van der Waals surface area contributed by atoms with E-state index < -0.39 is 0 Å². The molecule has 0 aliphatic rings. The average molecular weight is 206 g/mol. The van der Waals surface area contributed by atoms with Crippen LogP contribution in [0.4, 0.5) is 5.82 Å². The summed E-state index contributed by atoms with van der Waals surface area (Å²) in [6.45, 7) is 0.528. The summed E-state index contributed by atoms with van der Waals surface area (Å²) >= 11 is 0. The van der Waals surface area contributed by atoms with Crippen LogP contribution < -0.4 is 10.1 Å². The first-order valence-electron chi connectivity index (χ1n) is 4.32. The first-order valence-corrected chi connectivity index (χ1v) is 4.32. The third-order valence-corrected chi connectivity index (χ3v) is 1.75. The van der Waals surface area contributed by atoms with E-state index in [0.717, 1.165) is 5.82 Å². The summed E-state index contributed by atoms with van der Waals surface area (Å²) in [7, 11) is 1.56. The van der Waals surface area contributed by atoms with Crippen LogP contribution in [-0.4, -0.2) is 32.3 Å². The molecule has 0 aromatic carbocycles. The zero-order chi connectivity index (χ0) is 10.5. The van der Waals surface area contributed by atoms with E-state index in [1.165, 1.54) is 12.7 Å². The molecule has 0 saturated heterocycles. The van der Waals surface area contributed by atoms with E-state index in [1.807, 2.05) is 0 Å². The van der Waals surface area contributed by atoms with Gasteiger partial charge in [0.15, 0.2) is 0 Å². The van der Waals surface area contributed by atoms with E-state index in [9.17, 15) is 0 Å². The van der Waals surface area contributed by atoms with Gasteiger partial charge in [-0.15, -0.1) is 0 Å². The summed E-state index contributed by atoms with van der Waals surface area (Å²) in [5.41, 5.74) is 0. The molecule has 0 aliphatic heterocycles. The molecule has 7 nitrogen and oxygen atoms in total. The fraction of sp³-hybridized carbons (Fsp3) is 0.250. The van der Waals surface area contributed by atoms with Crippen LogP contribution >= 0.6 is 0 Å². The van der Waals surface area contributed by atoms with E-state index in [2.05, 4.69) is 30.5 Å². The van der Waals surface area contributed by atoms with E-state index in [-0.39, 0.29) is 0 Å². The summed E-state index contributed by atoms with van der Waals surface area (Å²) < 4.78 is 4.96. The summed E-state index contributed by atoms with van der Waals surface area (Å²) in [6, 6.07) is 1.70. The average Bonchev–Trinajstić information content (AvgIpc) is 2.79. The Bertz CT molecular complexity index is 415. The molecule has 2 aromatic rings. The van der Waals surface area contributed by atoms with Gasteiger partial charge in [0.1, 0.15) is 24.3 Å². The van der Waals surface area contributed by atoms with Crippen molar-refractivity contribution in [2.24, 2.45) is 0 Å². The Hall–Kier alpha value is -2.18. The lowest BCUT2D eigenvalue weighted by atomic mass is 10.5. The summed E-state index contributed by atoms with van der Waals surface area (Å²) in [5.74, 6) is 1.94. The van der Waals surface area contributed by atoms with Gasteiger partial charge in [-0.05, 0) is 0 Å². The van der Waals surface area contributed by atoms with Crippen LogP contribution in [0.3, 0.4) is 0 Å². The summed E-state index contributed by atoms with van der Waals surface area (Å²) in [5, 5.41) is 9.53. The molecule has 78 valence electrons. The number of anilines is 1. The third-order valence-electron chi connectivity index (χ3n) is 1.75. The van der Waals surface area contributed by atoms with Crippen molar-refractivity contribution in [1.29, 1.82) is 0 Å². The first kappa shape index (κ1) is 9.38. The van der Waals surface area contributed by atoms with Crippen molar-refractivity contribution in [2.75, 3.05) is 12.4 Å². The number of hydrogen-bond acceptors (Lipinski definition) is 6. The number of aromatic nitrogens is 5. The second-order valence-corrected chi connectivity index (χ2v) is 2.73. The Morgan fingerprint density at radius 3 is 3.00 bits per heavy atom. The molecule has 2 rings (SSSR count). The summed E-state index contributed by atoms with van der Waals surface area (Å²) in [6.07, 6.45) is 2.89. The van der Waals surface area contributed by atoms with Gasteiger partial charge in [-0.1, -0.05) is 0 Å². The van der Waals surface area contributed by atoms with E-state index in [0.29, 0.717) is 18.2 Å². The monoisotopic (exact) mass is 206 g/mol. The minimum atomic E-state index is 0.519. The zero-order valence-electron chi connectivity index (χ0n) is 8.14.